The van der Waals surface area contributed by atoms with E-state index in [4.69, 9.17) is 4.74 Å². The highest BCUT2D eigenvalue weighted by Crippen LogP contribution is 2.15. The molecule has 1 aromatic carbocycles. The SMILES string of the molecule is Cc1ccccc1OCCC(=O)NCC(C)C. The van der Waals surface area contributed by atoms with Crippen LogP contribution in [0.15, 0.2) is 24.3 Å². The standard InChI is InChI=1S/C14H21NO2/c1-11(2)10-15-14(16)8-9-17-13-7-5-4-6-12(13)3/h4-7,11H,8-10H2,1-3H3,(H,15,16). The molecule has 0 fully saturated rings. The summed E-state index contributed by atoms with van der Waals surface area (Å²) in [5, 5.41) is 2.86. The van der Waals surface area contributed by atoms with E-state index in [1.165, 1.54) is 0 Å². The van der Waals surface area contributed by atoms with Crippen molar-refractivity contribution in [2.75, 3.05) is 13.2 Å². The number of hydrogen-bond donors (Lipinski definition) is 1. The molecule has 3 nitrogen and oxygen atoms in total. The maximum absolute atomic E-state index is 11.4. The number of carbonyl (C=O) groups excluding carboxylic acids is 1. The van der Waals surface area contributed by atoms with Crippen LogP contribution in [0.4, 0.5) is 0 Å². The molecule has 0 aromatic heterocycles. The zero-order chi connectivity index (χ0) is 12.7. The third-order valence-electron chi connectivity index (χ3n) is 2.39. The second-order valence-electron chi connectivity index (χ2n) is 4.56. The molecule has 0 radical (unpaired) electrons. The normalized spacial score (nSPS) is 10.4. The van der Waals surface area contributed by atoms with Gasteiger partial charge in [-0.25, -0.2) is 0 Å². The molecule has 1 aromatic rings. The molecule has 3 heteroatoms. The van der Waals surface area contributed by atoms with Crippen molar-refractivity contribution in [2.45, 2.75) is 27.2 Å². The van der Waals surface area contributed by atoms with Gasteiger partial charge in [-0.05, 0) is 24.5 Å². The average molecular weight is 235 g/mol. The van der Waals surface area contributed by atoms with Crippen molar-refractivity contribution in [3.8, 4) is 5.75 Å². The van der Waals surface area contributed by atoms with E-state index in [1.807, 2.05) is 31.2 Å². The van der Waals surface area contributed by atoms with Gasteiger partial charge in [0.25, 0.3) is 0 Å². The number of para-hydroxylation sites is 1. The first-order valence-corrected chi connectivity index (χ1v) is 6.04. The Labute approximate surface area is 103 Å². The molecule has 94 valence electrons. The van der Waals surface area contributed by atoms with E-state index in [2.05, 4.69) is 19.2 Å². The molecule has 0 heterocycles. The van der Waals surface area contributed by atoms with Crippen molar-refractivity contribution in [3.63, 3.8) is 0 Å². The summed E-state index contributed by atoms with van der Waals surface area (Å²) in [6.45, 7) is 7.29. The first-order chi connectivity index (χ1) is 8.09. The van der Waals surface area contributed by atoms with Crippen molar-refractivity contribution in [3.05, 3.63) is 29.8 Å². The fourth-order valence-corrected chi connectivity index (χ4v) is 1.38. The van der Waals surface area contributed by atoms with Gasteiger partial charge in [0.15, 0.2) is 0 Å². The minimum Gasteiger partial charge on any atom is -0.493 e. The van der Waals surface area contributed by atoms with Gasteiger partial charge in [0.05, 0.1) is 13.0 Å². The first-order valence-electron chi connectivity index (χ1n) is 6.04. The molecule has 0 bridgehead atoms. The van der Waals surface area contributed by atoms with Gasteiger partial charge in [-0.2, -0.15) is 0 Å². The van der Waals surface area contributed by atoms with E-state index in [-0.39, 0.29) is 5.91 Å². The van der Waals surface area contributed by atoms with E-state index >= 15 is 0 Å². The van der Waals surface area contributed by atoms with E-state index in [1.54, 1.807) is 0 Å². The van der Waals surface area contributed by atoms with Crippen molar-refractivity contribution in [1.29, 1.82) is 0 Å². The minimum atomic E-state index is 0.0484. The van der Waals surface area contributed by atoms with E-state index < -0.39 is 0 Å². The van der Waals surface area contributed by atoms with E-state index in [0.717, 1.165) is 17.9 Å². The molecule has 0 saturated carbocycles. The van der Waals surface area contributed by atoms with Gasteiger partial charge in [0.2, 0.25) is 5.91 Å². The van der Waals surface area contributed by atoms with Crippen molar-refractivity contribution in [2.24, 2.45) is 5.92 Å². The zero-order valence-corrected chi connectivity index (χ0v) is 10.8. The molecule has 0 aliphatic heterocycles. The molecule has 0 aliphatic carbocycles. The third kappa shape index (κ3) is 5.38. The van der Waals surface area contributed by atoms with Crippen LogP contribution in [0, 0.1) is 12.8 Å². The number of hydrogen-bond acceptors (Lipinski definition) is 2. The highest BCUT2D eigenvalue weighted by Gasteiger charge is 2.03. The Morgan fingerprint density at radius 3 is 2.71 bits per heavy atom. The molecule has 1 N–H and O–H groups in total. The predicted octanol–water partition coefficient (Wildman–Crippen LogP) is 2.54. The highest BCUT2D eigenvalue weighted by molar-refractivity contribution is 5.75. The topological polar surface area (TPSA) is 38.3 Å². The highest BCUT2D eigenvalue weighted by atomic mass is 16.5. The molecule has 0 atom stereocenters. The number of amides is 1. The summed E-state index contributed by atoms with van der Waals surface area (Å²) in [7, 11) is 0. The Kier molecular flexibility index (Phi) is 5.53. The fraction of sp³-hybridized carbons (Fsp3) is 0.500. The molecule has 1 rings (SSSR count). The maximum Gasteiger partial charge on any atom is 0.223 e. The smallest absolute Gasteiger partial charge is 0.223 e. The molecular formula is C14H21NO2. The monoisotopic (exact) mass is 235 g/mol. The van der Waals surface area contributed by atoms with Crippen LogP contribution in [0.3, 0.4) is 0 Å². The molecule has 1 amide bonds. The number of nitrogens with one attached hydrogen (secondary N) is 1. The van der Waals surface area contributed by atoms with Crippen LogP contribution in [0.5, 0.6) is 5.75 Å². The Morgan fingerprint density at radius 2 is 2.06 bits per heavy atom. The van der Waals surface area contributed by atoms with Crippen LogP contribution >= 0.6 is 0 Å². The fourth-order valence-electron chi connectivity index (χ4n) is 1.38. The third-order valence-corrected chi connectivity index (χ3v) is 2.39. The minimum absolute atomic E-state index is 0.0484. The number of rotatable bonds is 6. The van der Waals surface area contributed by atoms with Crippen LogP contribution in [0.25, 0.3) is 0 Å². The summed E-state index contributed by atoms with van der Waals surface area (Å²) in [6.07, 6.45) is 0.404. The van der Waals surface area contributed by atoms with Gasteiger partial charge in [-0.3, -0.25) is 4.79 Å². The largest absolute Gasteiger partial charge is 0.493 e. The summed E-state index contributed by atoms with van der Waals surface area (Å²) >= 11 is 0. The Hall–Kier alpha value is -1.51. The molecule has 0 unspecified atom stereocenters. The molecule has 0 aliphatic rings. The van der Waals surface area contributed by atoms with Crippen molar-refractivity contribution < 1.29 is 9.53 Å². The van der Waals surface area contributed by atoms with Gasteiger partial charge in [0.1, 0.15) is 5.75 Å². The summed E-state index contributed by atoms with van der Waals surface area (Å²) in [4.78, 5) is 11.4. The molecule has 17 heavy (non-hydrogen) atoms. The van der Waals surface area contributed by atoms with Crippen molar-refractivity contribution >= 4 is 5.91 Å². The second kappa shape index (κ2) is 6.94. The lowest BCUT2D eigenvalue weighted by Gasteiger charge is -2.10. The van der Waals surface area contributed by atoms with Crippen LogP contribution in [0.1, 0.15) is 25.8 Å². The second-order valence-corrected chi connectivity index (χ2v) is 4.56. The lowest BCUT2D eigenvalue weighted by Crippen LogP contribution is -2.28. The maximum atomic E-state index is 11.4. The van der Waals surface area contributed by atoms with Crippen LogP contribution < -0.4 is 10.1 Å². The number of benzene rings is 1. The molecule has 0 saturated heterocycles. The lowest BCUT2D eigenvalue weighted by atomic mass is 10.2. The van der Waals surface area contributed by atoms with Crippen molar-refractivity contribution in [1.82, 2.24) is 5.32 Å². The Morgan fingerprint density at radius 1 is 1.35 bits per heavy atom. The van der Waals surface area contributed by atoms with E-state index in [9.17, 15) is 4.79 Å². The molecular weight excluding hydrogens is 214 g/mol. The zero-order valence-electron chi connectivity index (χ0n) is 10.8. The molecule has 0 spiro atoms. The number of ether oxygens (including phenoxy) is 1. The lowest BCUT2D eigenvalue weighted by molar-refractivity contribution is -0.121. The van der Waals surface area contributed by atoms with Gasteiger partial charge in [-0.15, -0.1) is 0 Å². The summed E-state index contributed by atoms with van der Waals surface area (Å²) < 4.78 is 5.55. The van der Waals surface area contributed by atoms with Crippen LogP contribution in [0.2, 0.25) is 0 Å². The van der Waals surface area contributed by atoms with Gasteiger partial charge in [-0.1, -0.05) is 32.0 Å². The Balaban J connectivity index is 2.24. The Bertz CT molecular complexity index is 361. The van der Waals surface area contributed by atoms with Crippen LogP contribution in [-0.2, 0) is 4.79 Å². The first kappa shape index (κ1) is 13.6. The van der Waals surface area contributed by atoms with Gasteiger partial charge < -0.3 is 10.1 Å². The van der Waals surface area contributed by atoms with Crippen LogP contribution in [-0.4, -0.2) is 19.1 Å². The number of aryl methyl sites for hydroxylation is 1. The summed E-state index contributed by atoms with van der Waals surface area (Å²) in [5.41, 5.74) is 1.09. The van der Waals surface area contributed by atoms with E-state index in [0.29, 0.717) is 18.9 Å². The number of carbonyl (C=O) groups is 1. The summed E-state index contributed by atoms with van der Waals surface area (Å²) in [5.74, 6) is 1.38. The van der Waals surface area contributed by atoms with Gasteiger partial charge in [0, 0.05) is 6.54 Å². The quantitative estimate of drug-likeness (QED) is 0.823. The van der Waals surface area contributed by atoms with Gasteiger partial charge >= 0.3 is 0 Å². The predicted molar refractivity (Wildman–Crippen MR) is 69.1 cm³/mol. The average Bonchev–Trinajstić information content (AvgIpc) is 2.29. The summed E-state index contributed by atoms with van der Waals surface area (Å²) in [6, 6.07) is 7.81.